The fourth-order valence-electron chi connectivity index (χ4n) is 3.61. The van der Waals surface area contributed by atoms with E-state index < -0.39 is 0 Å². The molecule has 1 aromatic heterocycles. The second kappa shape index (κ2) is 6.42. The average molecular weight is 325 g/mol. The molecule has 5 nitrogen and oxygen atoms in total. The highest BCUT2D eigenvalue weighted by molar-refractivity contribution is 5.91. The number of hydrogen-bond acceptors (Lipinski definition) is 4. The Bertz CT molecular complexity index is 740. The highest BCUT2D eigenvalue weighted by Gasteiger charge is 2.26. The number of nitrogens with two attached hydrogens (primary N) is 1. The Kier molecular flexibility index (Phi) is 4.12. The molecule has 0 saturated carbocycles. The van der Waals surface area contributed by atoms with E-state index >= 15 is 0 Å². The van der Waals surface area contributed by atoms with Crippen molar-refractivity contribution < 1.29 is 9.21 Å². The fraction of sp³-hybridized carbons (Fsp3) is 0.421. The van der Waals surface area contributed by atoms with E-state index in [1.54, 1.807) is 11.0 Å². The third kappa shape index (κ3) is 3.09. The Morgan fingerprint density at radius 3 is 2.79 bits per heavy atom. The lowest BCUT2D eigenvalue weighted by Crippen LogP contribution is -2.31. The van der Waals surface area contributed by atoms with E-state index in [2.05, 4.69) is 29.2 Å². The number of benzene rings is 1. The van der Waals surface area contributed by atoms with Crippen LogP contribution in [0.5, 0.6) is 0 Å². The third-order valence-corrected chi connectivity index (χ3v) is 4.97. The quantitative estimate of drug-likeness (QED) is 0.938. The Labute approximate surface area is 142 Å². The summed E-state index contributed by atoms with van der Waals surface area (Å²) >= 11 is 0. The maximum atomic E-state index is 12.4. The van der Waals surface area contributed by atoms with Crippen LogP contribution in [0.3, 0.4) is 0 Å². The van der Waals surface area contributed by atoms with E-state index in [-0.39, 0.29) is 11.9 Å². The van der Waals surface area contributed by atoms with Gasteiger partial charge in [-0.25, -0.2) is 0 Å². The van der Waals surface area contributed by atoms with Crippen molar-refractivity contribution in [1.82, 2.24) is 9.80 Å². The number of furan rings is 1. The lowest BCUT2D eigenvalue weighted by Gasteiger charge is -2.27. The third-order valence-electron chi connectivity index (χ3n) is 4.97. The van der Waals surface area contributed by atoms with E-state index in [4.69, 9.17) is 10.2 Å². The van der Waals surface area contributed by atoms with E-state index in [0.717, 1.165) is 44.8 Å². The van der Waals surface area contributed by atoms with Gasteiger partial charge in [-0.1, -0.05) is 24.3 Å². The SMILES string of the molecule is N[C@H]1CCN(C(=O)c2ccc(CN3CCc4ccccc4C3)o2)C1. The van der Waals surface area contributed by atoms with Gasteiger partial charge < -0.3 is 15.1 Å². The number of hydrogen-bond donors (Lipinski definition) is 1. The predicted octanol–water partition coefficient (Wildman–Crippen LogP) is 2.01. The molecule has 126 valence electrons. The van der Waals surface area contributed by atoms with E-state index in [0.29, 0.717) is 12.3 Å². The molecular formula is C19H23N3O2. The van der Waals surface area contributed by atoms with Crippen molar-refractivity contribution in [3.05, 3.63) is 59.0 Å². The van der Waals surface area contributed by atoms with Crippen molar-refractivity contribution in [3.63, 3.8) is 0 Å². The van der Waals surface area contributed by atoms with Crippen molar-refractivity contribution in [2.45, 2.75) is 32.0 Å². The summed E-state index contributed by atoms with van der Waals surface area (Å²) in [4.78, 5) is 16.6. The van der Waals surface area contributed by atoms with E-state index in [1.807, 2.05) is 6.07 Å². The molecule has 2 aromatic rings. The van der Waals surface area contributed by atoms with Crippen LogP contribution in [0.2, 0.25) is 0 Å². The molecule has 2 aliphatic rings. The topological polar surface area (TPSA) is 62.7 Å². The van der Waals surface area contributed by atoms with Gasteiger partial charge >= 0.3 is 0 Å². The molecule has 0 bridgehead atoms. The van der Waals surface area contributed by atoms with Gasteiger partial charge in [0.1, 0.15) is 5.76 Å². The van der Waals surface area contributed by atoms with Crippen LogP contribution in [0.25, 0.3) is 0 Å². The number of amides is 1. The van der Waals surface area contributed by atoms with Gasteiger partial charge in [0.05, 0.1) is 6.54 Å². The summed E-state index contributed by atoms with van der Waals surface area (Å²) in [7, 11) is 0. The molecule has 0 unspecified atom stereocenters. The average Bonchev–Trinajstić information content (AvgIpc) is 3.23. The molecule has 0 radical (unpaired) electrons. The maximum absolute atomic E-state index is 12.4. The zero-order valence-corrected chi connectivity index (χ0v) is 13.8. The smallest absolute Gasteiger partial charge is 0.289 e. The Hall–Kier alpha value is -2.11. The van der Waals surface area contributed by atoms with Gasteiger partial charge in [0.25, 0.3) is 5.91 Å². The van der Waals surface area contributed by atoms with Crippen LogP contribution in [0, 0.1) is 0 Å². The van der Waals surface area contributed by atoms with Crippen molar-refractivity contribution in [2.75, 3.05) is 19.6 Å². The number of carbonyl (C=O) groups excluding carboxylic acids is 1. The van der Waals surface area contributed by atoms with E-state index in [1.165, 1.54) is 11.1 Å². The molecular weight excluding hydrogens is 302 g/mol. The van der Waals surface area contributed by atoms with Crippen molar-refractivity contribution >= 4 is 5.91 Å². The minimum Gasteiger partial charge on any atom is -0.455 e. The largest absolute Gasteiger partial charge is 0.455 e. The van der Waals surface area contributed by atoms with Crippen molar-refractivity contribution in [1.29, 1.82) is 0 Å². The summed E-state index contributed by atoms with van der Waals surface area (Å²) in [5.41, 5.74) is 8.70. The fourth-order valence-corrected chi connectivity index (χ4v) is 3.61. The molecule has 4 rings (SSSR count). The number of rotatable bonds is 3. The highest BCUT2D eigenvalue weighted by atomic mass is 16.4. The minimum absolute atomic E-state index is 0.0433. The Balaban J connectivity index is 1.40. The first-order chi connectivity index (χ1) is 11.7. The molecule has 1 fully saturated rings. The molecule has 0 spiro atoms. The Morgan fingerprint density at radius 2 is 2.00 bits per heavy atom. The lowest BCUT2D eigenvalue weighted by atomic mass is 10.00. The van der Waals surface area contributed by atoms with Gasteiger partial charge in [-0.15, -0.1) is 0 Å². The van der Waals surface area contributed by atoms with Crippen LogP contribution < -0.4 is 5.73 Å². The summed E-state index contributed by atoms with van der Waals surface area (Å²) in [5.74, 6) is 1.23. The first-order valence-electron chi connectivity index (χ1n) is 8.62. The van der Waals surface area contributed by atoms with Crippen LogP contribution in [0.15, 0.2) is 40.8 Å². The molecule has 24 heavy (non-hydrogen) atoms. The van der Waals surface area contributed by atoms with Crippen molar-refractivity contribution in [2.24, 2.45) is 5.73 Å². The number of carbonyl (C=O) groups is 1. The summed E-state index contributed by atoms with van der Waals surface area (Å²) in [6.45, 7) is 4.03. The molecule has 5 heteroatoms. The summed E-state index contributed by atoms with van der Waals surface area (Å²) < 4.78 is 5.81. The molecule has 2 aliphatic heterocycles. The molecule has 2 N–H and O–H groups in total. The van der Waals surface area contributed by atoms with Gasteiger partial charge in [-0.2, -0.15) is 0 Å². The second-order valence-corrected chi connectivity index (χ2v) is 6.80. The van der Waals surface area contributed by atoms with Crippen LogP contribution in [-0.4, -0.2) is 41.4 Å². The minimum atomic E-state index is -0.0433. The van der Waals surface area contributed by atoms with Gasteiger partial charge in [0, 0.05) is 32.2 Å². The van der Waals surface area contributed by atoms with Crippen LogP contribution in [-0.2, 0) is 19.5 Å². The summed E-state index contributed by atoms with van der Waals surface area (Å²) in [6, 6.07) is 12.4. The summed E-state index contributed by atoms with van der Waals surface area (Å²) in [6.07, 6.45) is 1.93. The monoisotopic (exact) mass is 325 g/mol. The predicted molar refractivity (Wildman–Crippen MR) is 91.5 cm³/mol. The number of likely N-dealkylation sites (tertiary alicyclic amines) is 1. The highest BCUT2D eigenvalue weighted by Crippen LogP contribution is 2.21. The number of fused-ring (bicyclic) bond motifs is 1. The Morgan fingerprint density at radius 1 is 1.17 bits per heavy atom. The zero-order chi connectivity index (χ0) is 16.5. The van der Waals surface area contributed by atoms with Crippen LogP contribution in [0.1, 0.15) is 33.9 Å². The zero-order valence-electron chi connectivity index (χ0n) is 13.8. The first-order valence-corrected chi connectivity index (χ1v) is 8.62. The van der Waals surface area contributed by atoms with Gasteiger partial charge in [0.15, 0.2) is 5.76 Å². The maximum Gasteiger partial charge on any atom is 0.289 e. The number of nitrogens with zero attached hydrogens (tertiary/aromatic N) is 2. The van der Waals surface area contributed by atoms with Crippen molar-refractivity contribution in [3.8, 4) is 0 Å². The summed E-state index contributed by atoms with van der Waals surface area (Å²) in [5, 5.41) is 0. The standard InChI is InChI=1S/C19H23N3O2/c20-16-8-10-22(12-16)19(23)18-6-5-17(24-18)13-21-9-7-14-3-1-2-4-15(14)11-21/h1-6,16H,7-13,20H2/t16-/m0/s1. The van der Waals surface area contributed by atoms with E-state index in [9.17, 15) is 4.79 Å². The second-order valence-electron chi connectivity index (χ2n) is 6.80. The molecule has 1 aromatic carbocycles. The molecule has 3 heterocycles. The first kappa shape index (κ1) is 15.4. The van der Waals surface area contributed by atoms with Gasteiger partial charge in [0.2, 0.25) is 0 Å². The van der Waals surface area contributed by atoms with Crippen LogP contribution >= 0.6 is 0 Å². The lowest BCUT2D eigenvalue weighted by molar-refractivity contribution is 0.0755. The van der Waals surface area contributed by atoms with Gasteiger partial charge in [-0.3, -0.25) is 9.69 Å². The van der Waals surface area contributed by atoms with Gasteiger partial charge in [-0.05, 0) is 36.1 Å². The molecule has 1 saturated heterocycles. The normalized spacial score (nSPS) is 21.0. The molecule has 0 aliphatic carbocycles. The molecule has 1 atom stereocenters. The molecule has 1 amide bonds. The van der Waals surface area contributed by atoms with Crippen LogP contribution in [0.4, 0.5) is 0 Å².